The van der Waals surface area contributed by atoms with Crippen LogP contribution < -0.4 is 5.32 Å². The molecule has 2 rings (SSSR count). The molecule has 86 valence electrons. The maximum atomic E-state index is 13.6. The van der Waals surface area contributed by atoms with E-state index < -0.39 is 17.8 Å². The van der Waals surface area contributed by atoms with Gasteiger partial charge in [-0.15, -0.1) is 0 Å². The molecule has 0 bridgehead atoms. The number of hydrogen-bond acceptors (Lipinski definition) is 2. The number of benzene rings is 1. The van der Waals surface area contributed by atoms with Gasteiger partial charge in [0.1, 0.15) is 11.9 Å². The second-order valence-electron chi connectivity index (χ2n) is 3.85. The van der Waals surface area contributed by atoms with Gasteiger partial charge in [0.2, 0.25) is 0 Å². The number of carboxylic acids is 1. The Morgan fingerprint density at radius 2 is 2.25 bits per heavy atom. The van der Waals surface area contributed by atoms with Crippen LogP contribution in [0.1, 0.15) is 24.4 Å². The summed E-state index contributed by atoms with van der Waals surface area (Å²) in [6.07, 6.45) is 1.14. The van der Waals surface area contributed by atoms with E-state index >= 15 is 0 Å². The Balaban J connectivity index is 2.17. The molecule has 5 heteroatoms. The van der Waals surface area contributed by atoms with Crippen molar-refractivity contribution >= 4 is 17.6 Å². The summed E-state index contributed by atoms with van der Waals surface area (Å²) in [5.74, 6) is -1.28. The van der Waals surface area contributed by atoms with Crippen molar-refractivity contribution in [3.8, 4) is 0 Å². The van der Waals surface area contributed by atoms with E-state index in [0.717, 1.165) is 0 Å². The minimum Gasteiger partial charge on any atom is -0.480 e. The molecule has 0 saturated carbocycles. The molecule has 1 aliphatic heterocycles. The van der Waals surface area contributed by atoms with Gasteiger partial charge in [-0.1, -0.05) is 17.7 Å². The van der Waals surface area contributed by atoms with E-state index in [1.165, 1.54) is 6.07 Å². The molecule has 0 radical (unpaired) electrons. The minimum atomic E-state index is -0.892. The molecule has 1 saturated heterocycles. The normalized spacial score (nSPS) is 24.6. The van der Waals surface area contributed by atoms with E-state index in [0.29, 0.717) is 23.4 Å². The number of hydrogen-bond donors (Lipinski definition) is 2. The Morgan fingerprint density at radius 3 is 2.81 bits per heavy atom. The topological polar surface area (TPSA) is 49.3 Å². The van der Waals surface area contributed by atoms with Crippen LogP contribution >= 0.6 is 11.6 Å². The Kier molecular flexibility index (Phi) is 3.12. The molecule has 0 aromatic heterocycles. The Labute approximate surface area is 97.2 Å². The van der Waals surface area contributed by atoms with Gasteiger partial charge >= 0.3 is 5.97 Å². The maximum Gasteiger partial charge on any atom is 0.320 e. The number of carboxylic acid groups (broad SMARTS) is 1. The standard InChI is InChI=1S/C11H11ClFNO2/c12-6-1-2-7(8(13)5-6)9-3-4-10(14-9)11(15)16/h1-2,5,9-10,14H,3-4H2,(H,15,16). The molecule has 1 fully saturated rings. The molecule has 1 aromatic rings. The average molecular weight is 244 g/mol. The summed E-state index contributed by atoms with van der Waals surface area (Å²) in [7, 11) is 0. The lowest BCUT2D eigenvalue weighted by Gasteiger charge is -2.13. The number of rotatable bonds is 2. The van der Waals surface area contributed by atoms with Crippen molar-refractivity contribution in [1.29, 1.82) is 0 Å². The molecule has 2 N–H and O–H groups in total. The Hall–Kier alpha value is -1.13. The fourth-order valence-corrected chi connectivity index (χ4v) is 2.13. The zero-order chi connectivity index (χ0) is 11.7. The van der Waals surface area contributed by atoms with Crippen LogP contribution in [0.15, 0.2) is 18.2 Å². The first-order valence-electron chi connectivity index (χ1n) is 5.01. The lowest BCUT2D eigenvalue weighted by Crippen LogP contribution is -2.32. The van der Waals surface area contributed by atoms with Crippen LogP contribution in [0.3, 0.4) is 0 Å². The van der Waals surface area contributed by atoms with Gasteiger partial charge in [-0.05, 0) is 25.0 Å². The van der Waals surface area contributed by atoms with Crippen molar-refractivity contribution < 1.29 is 14.3 Å². The molecule has 1 aliphatic rings. The number of nitrogens with one attached hydrogen (secondary N) is 1. The van der Waals surface area contributed by atoms with E-state index in [4.69, 9.17) is 16.7 Å². The second-order valence-corrected chi connectivity index (χ2v) is 4.29. The van der Waals surface area contributed by atoms with Crippen molar-refractivity contribution in [3.05, 3.63) is 34.6 Å². The van der Waals surface area contributed by atoms with Gasteiger partial charge in [0.05, 0.1) is 0 Å². The van der Waals surface area contributed by atoms with Crippen molar-refractivity contribution in [2.75, 3.05) is 0 Å². The summed E-state index contributed by atoms with van der Waals surface area (Å²) in [6.45, 7) is 0. The van der Waals surface area contributed by atoms with Crippen LogP contribution in [0.2, 0.25) is 5.02 Å². The van der Waals surface area contributed by atoms with Gasteiger partial charge in [0.25, 0.3) is 0 Å². The maximum absolute atomic E-state index is 13.6. The molecule has 0 amide bonds. The molecule has 1 heterocycles. The molecule has 2 unspecified atom stereocenters. The lowest BCUT2D eigenvalue weighted by atomic mass is 10.0. The summed E-state index contributed by atoms with van der Waals surface area (Å²) in [6, 6.07) is 3.63. The van der Waals surface area contributed by atoms with Crippen LogP contribution in [0.25, 0.3) is 0 Å². The van der Waals surface area contributed by atoms with Gasteiger partial charge in [0.15, 0.2) is 0 Å². The van der Waals surface area contributed by atoms with Crippen LogP contribution in [0.5, 0.6) is 0 Å². The van der Waals surface area contributed by atoms with E-state index in [-0.39, 0.29) is 6.04 Å². The second kappa shape index (κ2) is 4.39. The minimum absolute atomic E-state index is 0.238. The van der Waals surface area contributed by atoms with E-state index in [1.54, 1.807) is 12.1 Å². The third-order valence-corrected chi connectivity index (χ3v) is 3.02. The third-order valence-electron chi connectivity index (χ3n) is 2.78. The first kappa shape index (κ1) is 11.4. The molecular weight excluding hydrogens is 233 g/mol. The molecule has 2 atom stereocenters. The van der Waals surface area contributed by atoms with E-state index in [1.807, 2.05) is 0 Å². The van der Waals surface area contributed by atoms with Gasteiger partial charge in [0, 0.05) is 16.6 Å². The van der Waals surface area contributed by atoms with Crippen molar-refractivity contribution in [1.82, 2.24) is 5.32 Å². The van der Waals surface area contributed by atoms with Crippen LogP contribution in [0, 0.1) is 5.82 Å². The fraction of sp³-hybridized carbons (Fsp3) is 0.364. The zero-order valence-corrected chi connectivity index (χ0v) is 9.17. The monoisotopic (exact) mass is 243 g/mol. The number of carbonyl (C=O) groups is 1. The third kappa shape index (κ3) is 2.18. The van der Waals surface area contributed by atoms with Crippen molar-refractivity contribution in [2.24, 2.45) is 0 Å². The molecular formula is C11H11ClFNO2. The predicted molar refractivity (Wildman–Crippen MR) is 57.9 cm³/mol. The number of aliphatic carboxylic acids is 1. The van der Waals surface area contributed by atoms with Crippen molar-refractivity contribution in [2.45, 2.75) is 24.9 Å². The Morgan fingerprint density at radius 1 is 1.50 bits per heavy atom. The SMILES string of the molecule is O=C(O)C1CCC(c2ccc(Cl)cc2F)N1. The van der Waals surface area contributed by atoms with Gasteiger partial charge in [-0.25, -0.2) is 4.39 Å². The zero-order valence-electron chi connectivity index (χ0n) is 8.41. The lowest BCUT2D eigenvalue weighted by molar-refractivity contribution is -0.139. The first-order chi connectivity index (χ1) is 7.58. The highest BCUT2D eigenvalue weighted by atomic mass is 35.5. The fourth-order valence-electron chi connectivity index (χ4n) is 1.97. The van der Waals surface area contributed by atoms with E-state index in [9.17, 15) is 9.18 Å². The summed E-state index contributed by atoms with van der Waals surface area (Å²) in [5.41, 5.74) is 0.480. The molecule has 3 nitrogen and oxygen atoms in total. The average Bonchev–Trinajstić information content (AvgIpc) is 2.66. The smallest absolute Gasteiger partial charge is 0.320 e. The van der Waals surface area contributed by atoms with Gasteiger partial charge in [-0.2, -0.15) is 0 Å². The van der Waals surface area contributed by atoms with Crippen molar-refractivity contribution in [3.63, 3.8) is 0 Å². The van der Waals surface area contributed by atoms with Crippen LogP contribution in [-0.4, -0.2) is 17.1 Å². The summed E-state index contributed by atoms with van der Waals surface area (Å²) >= 11 is 5.65. The highest BCUT2D eigenvalue weighted by Crippen LogP contribution is 2.29. The predicted octanol–water partition coefficient (Wildman–Crippen LogP) is 2.36. The van der Waals surface area contributed by atoms with Gasteiger partial charge in [-0.3, -0.25) is 10.1 Å². The summed E-state index contributed by atoms with van der Waals surface area (Å²) in [5, 5.41) is 12.0. The molecule has 1 aromatic carbocycles. The van der Waals surface area contributed by atoms with Crippen LogP contribution in [0.4, 0.5) is 4.39 Å². The Bertz CT molecular complexity index is 424. The highest BCUT2D eigenvalue weighted by molar-refractivity contribution is 6.30. The molecule has 0 aliphatic carbocycles. The van der Waals surface area contributed by atoms with Crippen LogP contribution in [-0.2, 0) is 4.79 Å². The number of halogens is 2. The summed E-state index contributed by atoms with van der Waals surface area (Å²) < 4.78 is 13.6. The quantitative estimate of drug-likeness (QED) is 0.838. The highest BCUT2D eigenvalue weighted by Gasteiger charge is 2.30. The van der Waals surface area contributed by atoms with E-state index in [2.05, 4.69) is 5.32 Å². The first-order valence-corrected chi connectivity index (χ1v) is 5.39. The molecule has 0 spiro atoms. The largest absolute Gasteiger partial charge is 0.480 e. The molecule has 16 heavy (non-hydrogen) atoms. The summed E-state index contributed by atoms with van der Waals surface area (Å²) in [4.78, 5) is 10.7. The van der Waals surface area contributed by atoms with Gasteiger partial charge < -0.3 is 5.11 Å².